The van der Waals surface area contributed by atoms with Crippen LogP contribution in [0.25, 0.3) is 0 Å². The maximum atomic E-state index is 12.5. The smallest absolute Gasteiger partial charge is 0.240 e. The molecule has 2 aromatic carbocycles. The van der Waals surface area contributed by atoms with Gasteiger partial charge in [0.05, 0.1) is 15.5 Å². The number of piperidine rings is 1. The van der Waals surface area contributed by atoms with Gasteiger partial charge in [0, 0.05) is 25.2 Å². The third-order valence-corrected chi connectivity index (χ3v) is 6.09. The second-order valence-corrected chi connectivity index (χ2v) is 8.42. The quantitative estimate of drug-likeness (QED) is 0.829. The summed E-state index contributed by atoms with van der Waals surface area (Å²) in [5, 5.41) is 8.98. The fraction of sp³-hybridized carbons (Fsp3) is 0.263. The van der Waals surface area contributed by atoms with Crippen LogP contribution in [0.15, 0.2) is 47.4 Å². The van der Waals surface area contributed by atoms with Crippen molar-refractivity contribution in [3.8, 4) is 6.07 Å². The summed E-state index contributed by atoms with van der Waals surface area (Å²) in [5.74, 6) is 0.0891. The van der Waals surface area contributed by atoms with E-state index in [0.29, 0.717) is 13.0 Å². The van der Waals surface area contributed by atoms with Crippen LogP contribution in [0.3, 0.4) is 0 Å². The Morgan fingerprint density at radius 1 is 1.19 bits per heavy atom. The summed E-state index contributed by atoms with van der Waals surface area (Å²) in [5.41, 5.74) is 1.74. The molecule has 140 valence electrons. The maximum absolute atomic E-state index is 12.5. The van der Waals surface area contributed by atoms with E-state index in [1.54, 1.807) is 17.0 Å². The van der Waals surface area contributed by atoms with Gasteiger partial charge in [-0.1, -0.05) is 23.7 Å². The van der Waals surface area contributed by atoms with Gasteiger partial charge in [-0.2, -0.15) is 5.26 Å². The largest absolute Gasteiger partial charge is 0.312 e. The summed E-state index contributed by atoms with van der Waals surface area (Å²) in [6.45, 7) is 0.758. The highest BCUT2D eigenvalue weighted by Gasteiger charge is 2.20. The Morgan fingerprint density at radius 2 is 2.00 bits per heavy atom. The highest BCUT2D eigenvalue weighted by atomic mass is 35.5. The van der Waals surface area contributed by atoms with Crippen LogP contribution in [0.2, 0.25) is 5.02 Å². The number of sulfonamides is 1. The molecule has 6 nitrogen and oxygen atoms in total. The van der Waals surface area contributed by atoms with Gasteiger partial charge in [-0.05, 0) is 48.7 Å². The molecule has 0 radical (unpaired) electrons. The number of amides is 1. The number of anilines is 1. The summed E-state index contributed by atoms with van der Waals surface area (Å²) in [7, 11) is -3.78. The van der Waals surface area contributed by atoms with Gasteiger partial charge in [0.25, 0.3) is 0 Å². The molecular formula is C19H18ClN3O3S. The lowest BCUT2D eigenvalue weighted by Gasteiger charge is -2.27. The molecule has 27 heavy (non-hydrogen) atoms. The van der Waals surface area contributed by atoms with E-state index >= 15 is 0 Å². The Labute approximate surface area is 163 Å². The summed E-state index contributed by atoms with van der Waals surface area (Å²) >= 11 is 5.92. The van der Waals surface area contributed by atoms with Gasteiger partial charge in [0.1, 0.15) is 6.07 Å². The van der Waals surface area contributed by atoms with E-state index in [1.807, 2.05) is 18.2 Å². The topological polar surface area (TPSA) is 90.3 Å². The average Bonchev–Trinajstić information content (AvgIpc) is 2.67. The van der Waals surface area contributed by atoms with E-state index in [2.05, 4.69) is 4.72 Å². The highest BCUT2D eigenvalue weighted by molar-refractivity contribution is 7.89. The first-order chi connectivity index (χ1) is 12.9. The van der Waals surface area contributed by atoms with Gasteiger partial charge >= 0.3 is 0 Å². The van der Waals surface area contributed by atoms with Crippen LogP contribution >= 0.6 is 11.6 Å². The predicted octanol–water partition coefficient (Wildman–Crippen LogP) is 3.21. The normalized spacial score (nSPS) is 14.8. The molecule has 0 saturated carbocycles. The van der Waals surface area contributed by atoms with E-state index < -0.39 is 10.0 Å². The van der Waals surface area contributed by atoms with Crippen molar-refractivity contribution in [2.24, 2.45) is 0 Å². The summed E-state index contributed by atoms with van der Waals surface area (Å²) in [6.07, 6.45) is 2.40. The molecule has 1 amide bonds. The van der Waals surface area contributed by atoms with Crippen LogP contribution in [0.4, 0.5) is 5.69 Å². The molecule has 0 aliphatic carbocycles. The molecule has 0 bridgehead atoms. The van der Waals surface area contributed by atoms with Gasteiger partial charge in [0.2, 0.25) is 15.9 Å². The molecule has 1 N–H and O–H groups in total. The van der Waals surface area contributed by atoms with Crippen LogP contribution in [0.1, 0.15) is 30.4 Å². The molecule has 3 rings (SSSR count). The molecule has 1 saturated heterocycles. The van der Waals surface area contributed by atoms with Crippen molar-refractivity contribution in [3.05, 3.63) is 58.6 Å². The van der Waals surface area contributed by atoms with Gasteiger partial charge < -0.3 is 4.90 Å². The number of carbonyl (C=O) groups is 1. The van der Waals surface area contributed by atoms with Crippen molar-refractivity contribution in [1.29, 1.82) is 5.26 Å². The van der Waals surface area contributed by atoms with Gasteiger partial charge in [-0.15, -0.1) is 0 Å². The third kappa shape index (κ3) is 4.48. The minimum absolute atomic E-state index is 0.00568. The summed E-state index contributed by atoms with van der Waals surface area (Å²) in [4.78, 5) is 13.8. The third-order valence-electron chi connectivity index (χ3n) is 4.38. The number of hydrogen-bond acceptors (Lipinski definition) is 4. The zero-order chi connectivity index (χ0) is 19.4. The summed E-state index contributed by atoms with van der Waals surface area (Å²) < 4.78 is 27.5. The molecule has 0 atom stereocenters. The minimum atomic E-state index is -3.78. The first-order valence-electron chi connectivity index (χ1n) is 8.49. The Morgan fingerprint density at radius 3 is 2.70 bits per heavy atom. The number of nitriles is 1. The van der Waals surface area contributed by atoms with E-state index in [4.69, 9.17) is 16.9 Å². The van der Waals surface area contributed by atoms with Crippen LogP contribution in [0, 0.1) is 11.3 Å². The Bertz CT molecular complexity index is 1020. The zero-order valence-corrected chi connectivity index (χ0v) is 16.1. The van der Waals surface area contributed by atoms with Crippen molar-refractivity contribution < 1.29 is 13.2 Å². The van der Waals surface area contributed by atoms with Crippen molar-refractivity contribution in [2.45, 2.75) is 30.7 Å². The second kappa shape index (κ2) is 8.09. The number of rotatable bonds is 5. The molecule has 1 heterocycles. The van der Waals surface area contributed by atoms with Crippen molar-refractivity contribution in [3.63, 3.8) is 0 Å². The Balaban J connectivity index is 1.74. The van der Waals surface area contributed by atoms with E-state index in [9.17, 15) is 13.2 Å². The van der Waals surface area contributed by atoms with Gasteiger partial charge in [-0.25, -0.2) is 13.1 Å². The lowest BCUT2D eigenvalue weighted by Crippen LogP contribution is -2.35. The van der Waals surface area contributed by atoms with E-state index in [1.165, 1.54) is 18.2 Å². The molecule has 8 heteroatoms. The molecule has 0 aromatic heterocycles. The van der Waals surface area contributed by atoms with Crippen molar-refractivity contribution in [1.82, 2.24) is 4.72 Å². The van der Waals surface area contributed by atoms with Crippen molar-refractivity contribution in [2.75, 3.05) is 11.4 Å². The average molecular weight is 404 g/mol. The fourth-order valence-corrected chi connectivity index (χ4v) is 4.26. The van der Waals surface area contributed by atoms with Crippen LogP contribution in [0.5, 0.6) is 0 Å². The lowest BCUT2D eigenvalue weighted by molar-refractivity contribution is -0.119. The number of benzene rings is 2. The SMILES string of the molecule is N#Cc1ccc(S(=O)(=O)NCc2cccc(N3CCCCC3=O)c2)cc1Cl. The van der Waals surface area contributed by atoms with Crippen LogP contribution in [-0.2, 0) is 21.4 Å². The molecule has 1 aliphatic heterocycles. The number of halogens is 1. The predicted molar refractivity (Wildman–Crippen MR) is 103 cm³/mol. The van der Waals surface area contributed by atoms with Crippen molar-refractivity contribution >= 4 is 33.2 Å². The summed E-state index contributed by atoms with van der Waals surface area (Å²) in [6, 6.07) is 13.1. The monoisotopic (exact) mass is 403 g/mol. The number of nitrogens with zero attached hydrogens (tertiary/aromatic N) is 2. The fourth-order valence-electron chi connectivity index (χ4n) is 2.93. The maximum Gasteiger partial charge on any atom is 0.240 e. The van der Waals surface area contributed by atoms with Gasteiger partial charge in [0.15, 0.2) is 0 Å². The zero-order valence-electron chi connectivity index (χ0n) is 14.5. The Hall–Kier alpha value is -2.40. The molecule has 2 aromatic rings. The Kier molecular flexibility index (Phi) is 5.80. The van der Waals surface area contributed by atoms with E-state index in [-0.39, 0.29) is 27.9 Å². The molecular weight excluding hydrogens is 386 g/mol. The first-order valence-corrected chi connectivity index (χ1v) is 10.4. The molecule has 1 fully saturated rings. The van der Waals surface area contributed by atoms with Gasteiger partial charge in [-0.3, -0.25) is 4.79 Å². The molecule has 0 unspecified atom stereocenters. The second-order valence-electron chi connectivity index (χ2n) is 6.25. The number of nitrogens with one attached hydrogen (secondary N) is 1. The molecule has 1 aliphatic rings. The van der Waals surface area contributed by atoms with Crippen LogP contribution < -0.4 is 9.62 Å². The molecule has 0 spiro atoms. The number of hydrogen-bond donors (Lipinski definition) is 1. The minimum Gasteiger partial charge on any atom is -0.312 e. The van der Waals surface area contributed by atoms with E-state index in [0.717, 1.165) is 24.1 Å². The lowest BCUT2D eigenvalue weighted by atomic mass is 10.1. The van der Waals surface area contributed by atoms with Crippen LogP contribution in [-0.4, -0.2) is 20.9 Å². The first kappa shape index (κ1) is 19.4. The standard InChI is InChI=1S/C19H18ClN3O3S/c20-18-11-17(8-7-15(18)12-21)27(25,26)22-13-14-4-3-5-16(10-14)23-9-2-1-6-19(23)24/h3-5,7-8,10-11,22H,1-2,6,9,13H2. The number of carbonyl (C=O) groups excluding carboxylic acids is 1. The highest BCUT2D eigenvalue weighted by Crippen LogP contribution is 2.23.